The van der Waals surface area contributed by atoms with Gasteiger partial charge in [-0.15, -0.1) is 11.3 Å². The van der Waals surface area contributed by atoms with E-state index in [1.807, 2.05) is 25.4 Å². The molecule has 4 aromatic heterocycles. The molecule has 0 radical (unpaired) electrons. The zero-order valence-electron chi connectivity index (χ0n) is 14.5. The number of thiophene rings is 1. The lowest BCUT2D eigenvalue weighted by atomic mass is 9.76. The summed E-state index contributed by atoms with van der Waals surface area (Å²) in [5.74, 6) is 0. The Hall–Kier alpha value is -2.35. The van der Waals surface area contributed by atoms with Gasteiger partial charge < -0.3 is 9.84 Å². The lowest BCUT2D eigenvalue weighted by Gasteiger charge is -2.43. The van der Waals surface area contributed by atoms with Crippen molar-refractivity contribution in [3.05, 3.63) is 41.5 Å². The lowest BCUT2D eigenvalue weighted by molar-refractivity contribution is -0.164. The standard InChI is InChI=1S/C19H18N4O2S/c1-23-10-13-7-12(9-20-17(13)22-23)14-4-3-11-8-16(26-18(11)21-14)19(24)6-5-15(19)25-2/h3-4,7-10,15,24H,5-6H2,1-2H3. The van der Waals surface area contributed by atoms with Gasteiger partial charge in [-0.1, -0.05) is 0 Å². The van der Waals surface area contributed by atoms with Crippen molar-refractivity contribution in [1.82, 2.24) is 19.7 Å². The fourth-order valence-corrected chi connectivity index (χ4v) is 4.79. The number of aromatic nitrogens is 4. The first-order valence-corrected chi connectivity index (χ1v) is 9.34. The summed E-state index contributed by atoms with van der Waals surface area (Å²) in [6, 6.07) is 8.13. The molecule has 0 spiro atoms. The molecule has 0 aromatic carbocycles. The fourth-order valence-electron chi connectivity index (χ4n) is 3.59. The molecule has 2 atom stereocenters. The van der Waals surface area contributed by atoms with Gasteiger partial charge in [0, 0.05) is 47.8 Å². The van der Waals surface area contributed by atoms with Crippen LogP contribution in [0.25, 0.3) is 32.5 Å². The van der Waals surface area contributed by atoms with Crippen LogP contribution >= 0.6 is 11.3 Å². The number of hydrogen-bond donors (Lipinski definition) is 1. The Morgan fingerprint density at radius 2 is 2.19 bits per heavy atom. The first kappa shape index (κ1) is 15.9. The predicted octanol–water partition coefficient (Wildman–Crippen LogP) is 3.24. The van der Waals surface area contributed by atoms with Crippen LogP contribution in [0.2, 0.25) is 0 Å². The molecule has 1 saturated carbocycles. The monoisotopic (exact) mass is 366 g/mol. The van der Waals surface area contributed by atoms with Crippen molar-refractivity contribution in [2.45, 2.75) is 24.5 Å². The molecule has 7 heteroatoms. The number of rotatable bonds is 3. The zero-order chi connectivity index (χ0) is 17.9. The minimum Gasteiger partial charge on any atom is -0.382 e. The van der Waals surface area contributed by atoms with Crippen molar-refractivity contribution in [2.75, 3.05) is 7.11 Å². The van der Waals surface area contributed by atoms with Gasteiger partial charge in [-0.2, -0.15) is 5.10 Å². The molecular formula is C19H18N4O2S. The second-order valence-electron chi connectivity index (χ2n) is 6.83. The van der Waals surface area contributed by atoms with Crippen LogP contribution in [0.3, 0.4) is 0 Å². The normalized spacial score (nSPS) is 22.8. The number of aliphatic hydroxyl groups is 1. The molecular weight excluding hydrogens is 348 g/mol. The van der Waals surface area contributed by atoms with Gasteiger partial charge in [-0.3, -0.25) is 4.68 Å². The average Bonchev–Trinajstić information content (AvgIpc) is 3.21. The van der Waals surface area contributed by atoms with Gasteiger partial charge in [0.1, 0.15) is 10.4 Å². The zero-order valence-corrected chi connectivity index (χ0v) is 15.3. The topological polar surface area (TPSA) is 73.1 Å². The Bertz CT molecular complexity index is 1130. The number of methoxy groups -OCH3 is 1. The molecule has 5 rings (SSSR count). The highest BCUT2D eigenvalue weighted by molar-refractivity contribution is 7.18. The predicted molar refractivity (Wildman–Crippen MR) is 101 cm³/mol. The van der Waals surface area contributed by atoms with Crippen LogP contribution in [0.15, 0.2) is 36.7 Å². The molecule has 0 aliphatic heterocycles. The van der Waals surface area contributed by atoms with Gasteiger partial charge in [0.15, 0.2) is 5.65 Å². The Morgan fingerprint density at radius 3 is 2.96 bits per heavy atom. The summed E-state index contributed by atoms with van der Waals surface area (Å²) < 4.78 is 7.17. The minimum absolute atomic E-state index is 0.132. The van der Waals surface area contributed by atoms with E-state index in [-0.39, 0.29) is 6.10 Å². The van der Waals surface area contributed by atoms with Crippen molar-refractivity contribution < 1.29 is 9.84 Å². The summed E-state index contributed by atoms with van der Waals surface area (Å²) >= 11 is 1.54. The minimum atomic E-state index is -0.879. The summed E-state index contributed by atoms with van der Waals surface area (Å²) in [4.78, 5) is 11.1. The Balaban J connectivity index is 1.56. The maximum absolute atomic E-state index is 10.9. The van der Waals surface area contributed by atoms with Crippen LogP contribution in [0, 0.1) is 0 Å². The molecule has 0 amide bonds. The van der Waals surface area contributed by atoms with Crippen molar-refractivity contribution >= 4 is 32.6 Å². The van der Waals surface area contributed by atoms with E-state index in [4.69, 9.17) is 9.72 Å². The highest BCUT2D eigenvalue weighted by Crippen LogP contribution is 2.47. The number of aryl methyl sites for hydroxylation is 1. The fraction of sp³-hybridized carbons (Fsp3) is 0.316. The molecule has 6 nitrogen and oxygen atoms in total. The number of fused-ring (bicyclic) bond motifs is 2. The van der Waals surface area contributed by atoms with E-state index in [0.717, 1.165) is 50.2 Å². The van der Waals surface area contributed by atoms with E-state index in [2.05, 4.69) is 22.2 Å². The third kappa shape index (κ3) is 2.28. The third-order valence-electron chi connectivity index (χ3n) is 5.18. The summed E-state index contributed by atoms with van der Waals surface area (Å²) in [6.45, 7) is 0. The molecule has 1 aliphatic carbocycles. The first-order chi connectivity index (χ1) is 12.6. The van der Waals surface area contributed by atoms with Crippen molar-refractivity contribution in [3.8, 4) is 11.3 Å². The van der Waals surface area contributed by atoms with Gasteiger partial charge in [-0.05, 0) is 37.1 Å². The maximum atomic E-state index is 10.9. The van der Waals surface area contributed by atoms with E-state index in [1.54, 1.807) is 18.0 Å². The number of hydrogen-bond acceptors (Lipinski definition) is 6. The lowest BCUT2D eigenvalue weighted by Crippen LogP contribution is -2.49. The van der Waals surface area contributed by atoms with E-state index in [0.29, 0.717) is 0 Å². The second-order valence-corrected chi connectivity index (χ2v) is 7.86. The molecule has 1 aliphatic rings. The van der Waals surface area contributed by atoms with E-state index in [9.17, 15) is 5.11 Å². The summed E-state index contributed by atoms with van der Waals surface area (Å²) in [5.41, 5.74) is 1.68. The van der Waals surface area contributed by atoms with E-state index < -0.39 is 5.60 Å². The van der Waals surface area contributed by atoms with Crippen molar-refractivity contribution in [1.29, 1.82) is 0 Å². The van der Waals surface area contributed by atoms with Gasteiger partial charge in [0.2, 0.25) is 0 Å². The molecule has 132 valence electrons. The molecule has 4 aromatic rings. The number of nitrogens with zero attached hydrogens (tertiary/aromatic N) is 4. The largest absolute Gasteiger partial charge is 0.382 e. The summed E-state index contributed by atoms with van der Waals surface area (Å²) in [7, 11) is 3.54. The molecule has 1 fully saturated rings. The smallest absolute Gasteiger partial charge is 0.181 e. The Labute approximate surface area is 154 Å². The van der Waals surface area contributed by atoms with Crippen LogP contribution in [-0.2, 0) is 17.4 Å². The first-order valence-electron chi connectivity index (χ1n) is 8.53. The van der Waals surface area contributed by atoms with Crippen LogP contribution in [0.5, 0.6) is 0 Å². The molecule has 0 bridgehead atoms. The van der Waals surface area contributed by atoms with Crippen LogP contribution in [-0.4, -0.2) is 38.1 Å². The maximum Gasteiger partial charge on any atom is 0.181 e. The summed E-state index contributed by atoms with van der Waals surface area (Å²) in [6.07, 6.45) is 5.24. The van der Waals surface area contributed by atoms with E-state index >= 15 is 0 Å². The van der Waals surface area contributed by atoms with Crippen molar-refractivity contribution in [2.24, 2.45) is 7.05 Å². The van der Waals surface area contributed by atoms with Gasteiger partial charge >= 0.3 is 0 Å². The molecule has 26 heavy (non-hydrogen) atoms. The van der Waals surface area contributed by atoms with Gasteiger partial charge in [0.05, 0.1) is 11.8 Å². The summed E-state index contributed by atoms with van der Waals surface area (Å²) in [5, 5.41) is 17.2. The second kappa shape index (κ2) is 5.57. The molecule has 1 N–H and O–H groups in total. The SMILES string of the molecule is COC1CCC1(O)c1cc2ccc(-c3cnc4nn(C)cc4c3)nc2s1. The highest BCUT2D eigenvalue weighted by atomic mass is 32.1. The number of pyridine rings is 2. The van der Waals surface area contributed by atoms with Crippen LogP contribution in [0.4, 0.5) is 0 Å². The van der Waals surface area contributed by atoms with Crippen LogP contribution in [0.1, 0.15) is 17.7 Å². The third-order valence-corrected chi connectivity index (χ3v) is 6.40. The molecule has 0 saturated heterocycles. The average molecular weight is 366 g/mol. The Morgan fingerprint density at radius 1 is 1.31 bits per heavy atom. The molecule has 4 heterocycles. The quantitative estimate of drug-likeness (QED) is 0.603. The van der Waals surface area contributed by atoms with E-state index in [1.165, 1.54) is 11.3 Å². The van der Waals surface area contributed by atoms with Crippen molar-refractivity contribution in [3.63, 3.8) is 0 Å². The Kier molecular flexibility index (Phi) is 3.40. The van der Waals surface area contributed by atoms with Gasteiger partial charge in [0.25, 0.3) is 0 Å². The molecule has 2 unspecified atom stereocenters. The van der Waals surface area contributed by atoms with Gasteiger partial charge in [-0.25, -0.2) is 9.97 Å². The van der Waals surface area contributed by atoms with Crippen LogP contribution < -0.4 is 0 Å². The number of ether oxygens (including phenoxy) is 1. The highest BCUT2D eigenvalue weighted by Gasteiger charge is 2.48.